The first-order valence-electron chi connectivity index (χ1n) is 39.4. The van der Waals surface area contributed by atoms with Gasteiger partial charge in [-0.25, -0.2) is 37.8 Å². The standard InChI is InChI=1S/C67H125N6O40P5/c1-44(2)112-118(92,93)113-48-33-53(73-43-71-55-62(68)69-42-70-63(55)73)108-52(48)37-106-117(90,91)107-41-67(38-94-21-18-30-103-114(84,85)100-27-15-9-6-12-24-97-64-45(3)56(78)58(80)49(34-74)109-64,39-95-22-19-31-104-115(86,87)101-28-16-10-7-13-25-98-65-46(4)57(79)59(81)50(35-75)110-65)40-96-23-20-32-105-116(88,89)102-29-17-11-8-14-26-99-66-54(72-47(5)77)61(83)60(82)51(36-76)111-66/h42-46,48-54,56-61,64-66,74-76,78-83H,6-41H2,1-5H3,(H,72,77)(H,84,85)(H,86,87)(H,88,89)(H,90,91)(H,92,93)(H2,68,69,70)/t45?,46?,48-,49?,50?,51?,52+,53+,54?,56+,57+,58-,59-,60-,61+,64+,65+,66+,67?/m0/s1. The topological polar surface area (TPSA) is 652 Å². The van der Waals surface area contributed by atoms with E-state index >= 15 is 0 Å². The summed E-state index contributed by atoms with van der Waals surface area (Å²) in [5.74, 6) is -1.61. The number of carbonyl (C=O) groups excluding carboxylic acids is 1. The Kier molecular flexibility index (Phi) is 46.6. The fraction of sp³-hybridized carbons (Fsp3) is 0.910. The molecular formula is C67H125N6O40P5. The van der Waals surface area contributed by atoms with Crippen molar-refractivity contribution in [3.05, 3.63) is 12.7 Å². The maximum atomic E-state index is 14.2. The predicted octanol–water partition coefficient (Wildman–Crippen LogP) is 2.17. The van der Waals surface area contributed by atoms with Gasteiger partial charge in [0.25, 0.3) is 0 Å². The summed E-state index contributed by atoms with van der Waals surface area (Å²) in [6.45, 7) is 1.10. The van der Waals surface area contributed by atoms with Crippen LogP contribution < -0.4 is 11.1 Å². The molecule has 4 saturated heterocycles. The van der Waals surface area contributed by atoms with Gasteiger partial charge >= 0.3 is 39.1 Å². The molecule has 6 rings (SSSR count). The number of unbranched alkanes of at least 4 members (excludes halogenated alkanes) is 9. The SMILES string of the molecule is CC(=O)NC1[C@H](OCCCCCCOP(=O)(O)OCCCOCC(COCCCOP(=O)(O)OCCCCCCO[C@@H]2OC(CO)[C@H](O)[C@H](O)C2C)(COCCCOP(=O)(O)OCCCCCCO[C@@H]2OC(CO)[C@H](O)[C@H](O)C2C)COP(=O)(O)OC[C@H]2O[C@@H](n3cnc4c(N)ncnc43)C[C@@H]2OP(=O)(O)OC(C)C)OC(CO)[C@H](O)[C@@H]1O. The molecule has 11 unspecified atom stereocenters. The van der Waals surface area contributed by atoms with Crippen molar-refractivity contribution in [2.75, 3.05) is 138 Å². The normalized spacial score (nSPS) is 29.6. The van der Waals surface area contributed by atoms with Gasteiger partial charge in [-0.2, -0.15) is 0 Å². The van der Waals surface area contributed by atoms with Crippen LogP contribution >= 0.6 is 39.1 Å². The number of nitrogens with two attached hydrogens (primary N) is 1. The van der Waals surface area contributed by atoms with Gasteiger partial charge in [-0.05, 0) is 71.6 Å². The largest absolute Gasteiger partial charge is 0.472 e. The van der Waals surface area contributed by atoms with Crippen molar-refractivity contribution in [2.24, 2.45) is 17.3 Å². The van der Waals surface area contributed by atoms with Crippen LogP contribution in [-0.4, -0.2) is 326 Å². The van der Waals surface area contributed by atoms with E-state index in [-0.39, 0.29) is 115 Å². The molecule has 23 atom stereocenters. The molecule has 46 nitrogen and oxygen atoms in total. The number of fused-ring (bicyclic) bond motifs is 1. The summed E-state index contributed by atoms with van der Waals surface area (Å²) >= 11 is 0. The van der Waals surface area contributed by atoms with Crippen molar-refractivity contribution in [1.29, 1.82) is 0 Å². The molecule has 4 fully saturated rings. The Labute approximate surface area is 684 Å². The molecule has 0 aromatic carbocycles. The van der Waals surface area contributed by atoms with Gasteiger partial charge in [0.15, 0.2) is 30.3 Å². The highest BCUT2D eigenvalue weighted by Gasteiger charge is 2.48. The third-order valence-corrected chi connectivity index (χ3v) is 24.3. The van der Waals surface area contributed by atoms with Gasteiger partial charge in [0.1, 0.15) is 79.0 Å². The number of phosphoric ester groups is 5. The van der Waals surface area contributed by atoms with Gasteiger partial charge in [-0.15, -0.1) is 0 Å². The fourth-order valence-electron chi connectivity index (χ4n) is 12.6. The number of aromatic nitrogens is 4. The number of anilines is 1. The highest BCUT2D eigenvalue weighted by molar-refractivity contribution is 7.48. The van der Waals surface area contributed by atoms with E-state index in [1.807, 2.05) is 0 Å². The molecule has 0 saturated carbocycles. The zero-order chi connectivity index (χ0) is 86.7. The third-order valence-electron chi connectivity index (χ3n) is 19.1. The molecule has 2 aromatic heterocycles. The van der Waals surface area contributed by atoms with Crippen LogP contribution in [0.2, 0.25) is 0 Å². The van der Waals surface area contributed by atoms with Crippen LogP contribution in [0.1, 0.15) is 144 Å². The first kappa shape index (κ1) is 104. The number of nitrogens with zero attached hydrogens (tertiary/aromatic N) is 4. The van der Waals surface area contributed by atoms with Gasteiger partial charge < -0.3 is 129 Å². The minimum absolute atomic E-state index is 0.0335. The molecule has 4 aliphatic rings. The van der Waals surface area contributed by atoms with Crippen molar-refractivity contribution < 1.29 is 191 Å². The molecule has 688 valence electrons. The van der Waals surface area contributed by atoms with Crippen molar-refractivity contribution in [2.45, 2.75) is 242 Å². The lowest BCUT2D eigenvalue weighted by atomic mass is 9.92. The maximum absolute atomic E-state index is 14.2. The zero-order valence-electron chi connectivity index (χ0n) is 67.1. The van der Waals surface area contributed by atoms with E-state index in [2.05, 4.69) is 20.3 Å². The number of nitrogens with one attached hydrogen (secondary N) is 1. The van der Waals surface area contributed by atoms with Gasteiger partial charge in [-0.1, -0.05) is 52.4 Å². The highest BCUT2D eigenvalue weighted by Crippen LogP contribution is 2.52. The lowest BCUT2D eigenvalue weighted by Crippen LogP contribution is -2.64. The Bertz CT molecular complexity index is 3340. The first-order valence-corrected chi connectivity index (χ1v) is 46.9. The molecule has 4 aliphatic heterocycles. The van der Waals surface area contributed by atoms with E-state index in [4.69, 9.17) is 98.3 Å². The number of hydrogen-bond donors (Lipinski definition) is 16. The quantitative estimate of drug-likeness (QED) is 0.0333. The van der Waals surface area contributed by atoms with Crippen LogP contribution in [0.25, 0.3) is 11.2 Å². The van der Waals surface area contributed by atoms with E-state index in [0.717, 1.165) is 0 Å². The van der Waals surface area contributed by atoms with Crippen molar-refractivity contribution >= 4 is 62.0 Å². The van der Waals surface area contributed by atoms with E-state index in [1.54, 1.807) is 13.8 Å². The molecule has 2 aromatic rings. The molecule has 0 radical (unpaired) electrons. The summed E-state index contributed by atoms with van der Waals surface area (Å²) in [6.07, 6.45) is -10.4. The number of ether oxygens (including phenoxy) is 10. The average Bonchev–Trinajstić information content (AvgIpc) is 1.61. The summed E-state index contributed by atoms with van der Waals surface area (Å²) in [6, 6.07) is -1.12. The van der Waals surface area contributed by atoms with Crippen molar-refractivity contribution in [3.8, 4) is 0 Å². The van der Waals surface area contributed by atoms with Crippen LogP contribution in [-0.2, 0) is 120 Å². The lowest BCUT2D eigenvalue weighted by molar-refractivity contribution is -0.282. The van der Waals surface area contributed by atoms with Crippen molar-refractivity contribution in [1.82, 2.24) is 24.8 Å². The molecule has 51 heteroatoms. The monoisotopic (exact) mass is 1810 g/mol. The Morgan fingerprint density at radius 3 is 1.30 bits per heavy atom. The summed E-state index contributed by atoms with van der Waals surface area (Å²) in [5, 5.41) is 92.8. The second-order valence-corrected chi connectivity index (χ2v) is 36.5. The van der Waals surface area contributed by atoms with E-state index in [1.165, 1.54) is 38.0 Å². The number of phosphoric acid groups is 5. The van der Waals surface area contributed by atoms with Gasteiger partial charge in [0.2, 0.25) is 5.91 Å². The Morgan fingerprint density at radius 2 is 0.881 bits per heavy atom. The minimum atomic E-state index is -5.28. The number of hydrogen-bond acceptors (Lipinski definition) is 39. The average molecular weight is 1810 g/mol. The predicted molar refractivity (Wildman–Crippen MR) is 407 cm³/mol. The van der Waals surface area contributed by atoms with E-state index < -0.39 is 226 Å². The molecule has 0 spiro atoms. The molecular weight excluding hydrogens is 1680 g/mol. The minimum Gasteiger partial charge on any atom is -0.394 e. The third kappa shape index (κ3) is 36.5. The highest BCUT2D eigenvalue weighted by atomic mass is 31.2. The van der Waals surface area contributed by atoms with Crippen molar-refractivity contribution in [3.63, 3.8) is 0 Å². The number of nitrogen functional groups attached to an aromatic ring is 1. The second-order valence-electron chi connectivity index (χ2n) is 29.3. The fourth-order valence-corrected chi connectivity index (χ4v) is 17.0. The van der Waals surface area contributed by atoms with Gasteiger partial charge in [0.05, 0.1) is 123 Å². The first-order chi connectivity index (χ1) is 55.9. The molecule has 118 heavy (non-hydrogen) atoms. The maximum Gasteiger partial charge on any atom is 0.472 e. The lowest BCUT2D eigenvalue weighted by Gasteiger charge is -2.42. The molecule has 6 heterocycles. The zero-order valence-corrected chi connectivity index (χ0v) is 71.5. The van der Waals surface area contributed by atoms with Crippen LogP contribution in [0.5, 0.6) is 0 Å². The number of amides is 1. The molecule has 17 N–H and O–H groups in total. The Hall–Kier alpha value is -2.39. The van der Waals surface area contributed by atoms with Gasteiger partial charge in [0, 0.05) is 64.8 Å². The smallest absolute Gasteiger partial charge is 0.394 e. The number of carbonyl (C=O) groups is 1. The molecule has 1 amide bonds. The van der Waals surface area contributed by atoms with E-state index in [9.17, 15) is 98.0 Å². The summed E-state index contributed by atoms with van der Waals surface area (Å²) in [7, 11) is -24.0. The van der Waals surface area contributed by atoms with E-state index in [0.29, 0.717) is 77.0 Å². The number of rotatable bonds is 63. The summed E-state index contributed by atoms with van der Waals surface area (Å²) in [5.41, 5.74) is 4.79. The Balaban J connectivity index is 1.06. The summed E-state index contributed by atoms with van der Waals surface area (Å²) < 4.78 is 179. The van der Waals surface area contributed by atoms with Crippen LogP contribution in [0.15, 0.2) is 12.7 Å². The molecule has 0 aliphatic carbocycles. The number of imidazole rings is 1. The van der Waals surface area contributed by atoms with Gasteiger partial charge in [-0.3, -0.25) is 54.6 Å². The van der Waals surface area contributed by atoms with Crippen LogP contribution in [0, 0.1) is 17.3 Å². The summed E-state index contributed by atoms with van der Waals surface area (Å²) in [4.78, 5) is 78.0. The van der Waals surface area contributed by atoms with Crippen LogP contribution in [0.3, 0.4) is 0 Å². The second kappa shape index (κ2) is 52.7. The number of aliphatic hydroxyl groups excluding tert-OH is 9. The number of aliphatic hydroxyl groups is 9. The van der Waals surface area contributed by atoms with Crippen LogP contribution in [0.4, 0.5) is 5.82 Å². The Morgan fingerprint density at radius 1 is 0.492 bits per heavy atom. The molecule has 0 bridgehead atoms.